The summed E-state index contributed by atoms with van der Waals surface area (Å²) in [7, 11) is 0. The Kier molecular flexibility index (Phi) is 682. The van der Waals surface area contributed by atoms with Gasteiger partial charge in [0.05, 0.1) is 0 Å². The van der Waals surface area contributed by atoms with Gasteiger partial charge in [-0.2, -0.15) is 0 Å². The van der Waals surface area contributed by atoms with E-state index in [-0.39, 0.29) is 47.4 Å². The minimum Gasteiger partial charge on any atom is -1.00 e. The van der Waals surface area contributed by atoms with Gasteiger partial charge in [-0.05, 0) is 0 Å². The fourth-order valence-electron chi connectivity index (χ4n) is 0. The quantitative estimate of drug-likeness (QED) is 0.337. The Morgan fingerprint density at radius 2 is 0.750 bits per heavy atom. The van der Waals surface area contributed by atoms with Crippen LogP contribution in [-0.4, -0.2) is 11.0 Å². The largest absolute Gasteiger partial charge is 2.00 e. The van der Waals surface area contributed by atoms with Gasteiger partial charge in [0.25, 0.3) is 0 Å². The minimum absolute atomic E-state index is 0. The first-order valence-corrected chi connectivity index (χ1v) is 0. The summed E-state index contributed by atoms with van der Waals surface area (Å²) < 4.78 is 0. The van der Waals surface area contributed by atoms with Gasteiger partial charge < -0.3 is 27.9 Å². The third-order valence-electron chi connectivity index (χ3n) is 0. The van der Waals surface area contributed by atoms with Crippen LogP contribution in [0.3, 0.4) is 0 Å². The zero-order valence-corrected chi connectivity index (χ0v) is 6.64. The molecule has 0 unspecified atom stereocenters. The minimum atomic E-state index is 0. The molecule has 0 aromatic heterocycles. The third kappa shape index (κ3) is 11.8. The van der Waals surface area contributed by atoms with E-state index < -0.39 is 0 Å². The first-order valence-electron chi connectivity index (χ1n) is 0. The first kappa shape index (κ1) is 77.6. The van der Waals surface area contributed by atoms with Gasteiger partial charge in [-0.15, -0.1) is 0 Å². The molecule has 4 heavy (non-hydrogen) atoms. The van der Waals surface area contributed by atoms with E-state index in [0.717, 1.165) is 0 Å². The number of halogens is 1. The molecule has 0 saturated heterocycles. The maximum absolute atomic E-state index is 0. The molecule has 0 fully saturated rings. The van der Waals surface area contributed by atoms with E-state index in [0.29, 0.717) is 0 Å². The van der Waals surface area contributed by atoms with E-state index in [2.05, 4.69) is 0 Å². The fourth-order valence-corrected chi connectivity index (χ4v) is 0. The van der Waals surface area contributed by atoms with Gasteiger partial charge in [-0.25, -0.2) is 0 Å². The summed E-state index contributed by atoms with van der Waals surface area (Å²) in [6, 6.07) is 0. The van der Waals surface area contributed by atoms with Gasteiger partial charge >= 0.3 is 19.5 Å². The molecule has 0 aromatic rings. The van der Waals surface area contributed by atoms with Crippen LogP contribution >= 0.6 is 0 Å². The molecule has 0 aliphatic carbocycles. The second-order valence-corrected chi connectivity index (χ2v) is 0. The van der Waals surface area contributed by atoms with Crippen LogP contribution in [0.25, 0.3) is 0 Å². The van der Waals surface area contributed by atoms with Gasteiger partial charge in [-0.3, -0.25) is 0 Å². The standard InChI is InChI=1S/BrH.2H2O.Zn/h1H;2*1H2;/q;;;+2/p-1. The summed E-state index contributed by atoms with van der Waals surface area (Å²) in [5.41, 5.74) is 0. The molecular formula is H4BrO2Zn+. The monoisotopic (exact) mass is 179 g/mol. The molecule has 4 N–H and O–H groups in total. The average molecular weight is 181 g/mol. The predicted molar refractivity (Wildman–Crippen MR) is 7.23 cm³/mol. The third-order valence-corrected chi connectivity index (χ3v) is 0. The Morgan fingerprint density at radius 3 is 0.750 bits per heavy atom. The van der Waals surface area contributed by atoms with E-state index >= 15 is 0 Å². The van der Waals surface area contributed by atoms with E-state index in [1.165, 1.54) is 0 Å². The summed E-state index contributed by atoms with van der Waals surface area (Å²) in [6.45, 7) is 0. The molecule has 0 atom stereocenters. The van der Waals surface area contributed by atoms with Crippen molar-refractivity contribution >= 4 is 0 Å². The molecule has 0 aliphatic rings. The van der Waals surface area contributed by atoms with Crippen molar-refractivity contribution < 1.29 is 47.4 Å². The second kappa shape index (κ2) is 35.1. The molecule has 0 rings (SSSR count). The molecule has 0 spiro atoms. The van der Waals surface area contributed by atoms with E-state index in [1.807, 2.05) is 0 Å². The van der Waals surface area contributed by atoms with Crippen molar-refractivity contribution in [3.8, 4) is 0 Å². The molecular weight excluding hydrogens is 177 g/mol. The topological polar surface area (TPSA) is 63.0 Å². The van der Waals surface area contributed by atoms with Crippen molar-refractivity contribution in [2.45, 2.75) is 0 Å². The van der Waals surface area contributed by atoms with Crippen LogP contribution in [0.15, 0.2) is 0 Å². The van der Waals surface area contributed by atoms with Crippen molar-refractivity contribution in [3.05, 3.63) is 0 Å². The van der Waals surface area contributed by atoms with E-state index in [4.69, 9.17) is 0 Å². The SMILES string of the molecule is O.O.[Br-].[Zn+2]. The van der Waals surface area contributed by atoms with Crippen LogP contribution in [0.5, 0.6) is 0 Å². The van der Waals surface area contributed by atoms with Crippen LogP contribution in [0.2, 0.25) is 0 Å². The zero-order valence-electron chi connectivity index (χ0n) is 2.09. The molecule has 0 bridgehead atoms. The number of hydrogen-bond acceptors (Lipinski definition) is 0. The molecule has 24 valence electrons. The summed E-state index contributed by atoms with van der Waals surface area (Å²) in [5.74, 6) is 0. The van der Waals surface area contributed by atoms with Gasteiger partial charge in [0.1, 0.15) is 0 Å². The molecule has 0 heterocycles. The maximum Gasteiger partial charge on any atom is 2.00 e. The normalized spacial score (nSPS) is 0. The van der Waals surface area contributed by atoms with Gasteiger partial charge in [0.15, 0.2) is 0 Å². The Balaban J connectivity index is 0. The van der Waals surface area contributed by atoms with Crippen molar-refractivity contribution in [3.63, 3.8) is 0 Å². The fraction of sp³-hybridized carbons (Fsp3) is 0. The van der Waals surface area contributed by atoms with E-state index in [1.54, 1.807) is 0 Å². The van der Waals surface area contributed by atoms with Crippen LogP contribution in [0, 0.1) is 0 Å². The second-order valence-electron chi connectivity index (χ2n) is 0. The molecule has 0 amide bonds. The Morgan fingerprint density at radius 1 is 0.750 bits per heavy atom. The van der Waals surface area contributed by atoms with E-state index in [9.17, 15) is 0 Å². The number of hydrogen-bond donors (Lipinski definition) is 0. The molecule has 4 heteroatoms. The number of rotatable bonds is 0. The van der Waals surface area contributed by atoms with Gasteiger partial charge in [0.2, 0.25) is 0 Å². The van der Waals surface area contributed by atoms with Gasteiger partial charge in [0, 0.05) is 0 Å². The Hall–Kier alpha value is 1.02. The first-order chi connectivity index (χ1) is 0. The van der Waals surface area contributed by atoms with Crippen molar-refractivity contribution in [2.75, 3.05) is 0 Å². The van der Waals surface area contributed by atoms with Crippen LogP contribution in [0.4, 0.5) is 0 Å². The van der Waals surface area contributed by atoms with Crippen molar-refractivity contribution in [2.24, 2.45) is 0 Å². The average Bonchev–Trinajstić information content (AvgIpc) is 0. The smallest absolute Gasteiger partial charge is 1.00 e. The van der Waals surface area contributed by atoms with Crippen LogP contribution in [0.1, 0.15) is 0 Å². The zero-order chi connectivity index (χ0) is 0. The summed E-state index contributed by atoms with van der Waals surface area (Å²) in [6.07, 6.45) is 0. The summed E-state index contributed by atoms with van der Waals surface area (Å²) in [5, 5.41) is 0. The molecule has 0 radical (unpaired) electrons. The molecule has 0 saturated carbocycles. The maximum atomic E-state index is 0. The molecule has 0 aromatic carbocycles. The van der Waals surface area contributed by atoms with Crippen molar-refractivity contribution in [1.29, 1.82) is 0 Å². The summed E-state index contributed by atoms with van der Waals surface area (Å²) >= 11 is 0. The Bertz CT molecular complexity index is 6.00. The van der Waals surface area contributed by atoms with Crippen LogP contribution in [-0.2, 0) is 19.5 Å². The predicted octanol–water partition coefficient (Wildman–Crippen LogP) is -4.65. The Labute approximate surface area is 47.7 Å². The molecule has 0 aliphatic heterocycles. The van der Waals surface area contributed by atoms with Crippen LogP contribution < -0.4 is 17.0 Å². The molecule has 2 nitrogen and oxygen atoms in total. The van der Waals surface area contributed by atoms with Gasteiger partial charge in [-0.1, -0.05) is 0 Å². The van der Waals surface area contributed by atoms with Crippen molar-refractivity contribution in [1.82, 2.24) is 0 Å². The summed E-state index contributed by atoms with van der Waals surface area (Å²) in [4.78, 5) is 0.